The fraction of sp³-hybridized carbons (Fsp3) is 0.444. The summed E-state index contributed by atoms with van der Waals surface area (Å²) in [5, 5.41) is 2.54. The molecule has 1 aliphatic heterocycles. The third-order valence-corrected chi connectivity index (χ3v) is 4.70. The average molecular weight is 300 g/mol. The monoisotopic (exact) mass is 300 g/mol. The molecule has 0 atom stereocenters. The molecule has 0 amide bonds. The Labute approximate surface area is 128 Å². The van der Waals surface area contributed by atoms with E-state index in [0.717, 1.165) is 24.3 Å². The van der Waals surface area contributed by atoms with E-state index in [9.17, 15) is 0 Å². The molecule has 2 nitrogen and oxygen atoms in total. The van der Waals surface area contributed by atoms with Crippen LogP contribution in [0.1, 0.15) is 25.8 Å². The van der Waals surface area contributed by atoms with Gasteiger partial charge in [-0.25, -0.2) is 0 Å². The lowest BCUT2D eigenvalue weighted by Gasteiger charge is -2.33. The maximum atomic E-state index is 6.11. The number of hydrogen-bond donors (Lipinski definition) is 0. The predicted molar refractivity (Wildman–Crippen MR) is 91.0 cm³/mol. The van der Waals surface area contributed by atoms with Crippen molar-refractivity contribution < 1.29 is 9.16 Å². The number of rotatable bonds is 2. The van der Waals surface area contributed by atoms with Crippen LogP contribution in [0.25, 0.3) is 10.8 Å². The molecule has 0 fully saturated rings. The van der Waals surface area contributed by atoms with Gasteiger partial charge < -0.3 is 9.16 Å². The maximum Gasteiger partial charge on any atom is 0.242 e. The average Bonchev–Trinajstić information content (AvgIpc) is 2.35. The summed E-state index contributed by atoms with van der Waals surface area (Å²) in [5.74, 6) is 2.02. The molecule has 1 heterocycles. The highest BCUT2D eigenvalue weighted by Crippen LogP contribution is 2.38. The van der Waals surface area contributed by atoms with Crippen molar-refractivity contribution in [1.29, 1.82) is 0 Å². The molecule has 0 saturated heterocycles. The van der Waals surface area contributed by atoms with Crippen molar-refractivity contribution in [1.82, 2.24) is 0 Å². The Morgan fingerprint density at radius 2 is 1.86 bits per heavy atom. The molecule has 0 bridgehead atoms. The van der Waals surface area contributed by atoms with E-state index in [-0.39, 0.29) is 5.60 Å². The Hall–Kier alpha value is -1.48. The van der Waals surface area contributed by atoms with E-state index >= 15 is 0 Å². The number of hydrogen-bond acceptors (Lipinski definition) is 2. The van der Waals surface area contributed by atoms with Gasteiger partial charge in [0.1, 0.15) is 17.1 Å². The molecule has 0 aromatic heterocycles. The summed E-state index contributed by atoms with van der Waals surface area (Å²) < 4.78 is 12.2. The first-order valence-electron chi connectivity index (χ1n) is 7.67. The van der Waals surface area contributed by atoms with Crippen LogP contribution in [0.5, 0.6) is 11.5 Å². The third kappa shape index (κ3) is 3.08. The van der Waals surface area contributed by atoms with E-state index in [0.29, 0.717) is 0 Å². The highest BCUT2D eigenvalue weighted by Gasteiger charge is 2.27. The van der Waals surface area contributed by atoms with Crippen LogP contribution in [0.3, 0.4) is 0 Å². The molecule has 0 saturated carbocycles. The van der Waals surface area contributed by atoms with Gasteiger partial charge in [0.15, 0.2) is 0 Å². The molecule has 1 aliphatic rings. The van der Waals surface area contributed by atoms with Crippen LogP contribution < -0.4 is 9.16 Å². The van der Waals surface area contributed by atoms with Crippen molar-refractivity contribution in [2.75, 3.05) is 0 Å². The van der Waals surface area contributed by atoms with Crippen molar-refractivity contribution >= 4 is 19.1 Å². The number of benzene rings is 2. The zero-order chi connectivity index (χ0) is 15.3. The van der Waals surface area contributed by atoms with Crippen LogP contribution >= 0.6 is 0 Å². The van der Waals surface area contributed by atoms with Crippen LogP contribution in [0.4, 0.5) is 0 Å². The van der Waals surface area contributed by atoms with Gasteiger partial charge in [-0.3, -0.25) is 0 Å². The van der Waals surface area contributed by atoms with Crippen molar-refractivity contribution in [3.8, 4) is 11.5 Å². The number of fused-ring (bicyclic) bond motifs is 3. The van der Waals surface area contributed by atoms with E-state index in [2.05, 4.69) is 63.8 Å². The first kappa shape index (κ1) is 14.5. The van der Waals surface area contributed by atoms with Crippen LogP contribution in [-0.4, -0.2) is 13.9 Å². The minimum absolute atomic E-state index is 0.0540. The number of ether oxygens (including phenoxy) is 1. The highest BCUT2D eigenvalue weighted by atomic mass is 28.4. The first-order chi connectivity index (χ1) is 9.73. The van der Waals surface area contributed by atoms with Gasteiger partial charge in [0, 0.05) is 5.56 Å². The van der Waals surface area contributed by atoms with Gasteiger partial charge in [0.2, 0.25) is 8.32 Å². The molecule has 0 radical (unpaired) electrons. The molecule has 21 heavy (non-hydrogen) atoms. The molecule has 0 unspecified atom stereocenters. The minimum Gasteiger partial charge on any atom is -0.544 e. The Balaban J connectivity index is 2.03. The van der Waals surface area contributed by atoms with Crippen molar-refractivity contribution in [2.45, 2.75) is 51.9 Å². The topological polar surface area (TPSA) is 18.5 Å². The second-order valence-corrected chi connectivity index (χ2v) is 11.9. The maximum absolute atomic E-state index is 6.11. The van der Waals surface area contributed by atoms with Crippen molar-refractivity contribution in [3.63, 3.8) is 0 Å². The Morgan fingerprint density at radius 3 is 2.57 bits per heavy atom. The van der Waals surface area contributed by atoms with Gasteiger partial charge >= 0.3 is 0 Å². The van der Waals surface area contributed by atoms with Crippen molar-refractivity contribution in [3.05, 3.63) is 35.9 Å². The summed E-state index contributed by atoms with van der Waals surface area (Å²) >= 11 is 0. The van der Waals surface area contributed by atoms with Crippen LogP contribution in [0.2, 0.25) is 19.6 Å². The summed E-state index contributed by atoms with van der Waals surface area (Å²) in [6.07, 6.45) is 2.14. The molecular weight excluding hydrogens is 276 g/mol. The lowest BCUT2D eigenvalue weighted by molar-refractivity contribution is 0.0853. The van der Waals surface area contributed by atoms with Gasteiger partial charge in [-0.05, 0) is 75.3 Å². The fourth-order valence-electron chi connectivity index (χ4n) is 2.90. The van der Waals surface area contributed by atoms with Crippen LogP contribution in [0.15, 0.2) is 30.3 Å². The molecule has 2 aromatic rings. The van der Waals surface area contributed by atoms with E-state index in [1.54, 1.807) is 0 Å². The largest absolute Gasteiger partial charge is 0.544 e. The minimum atomic E-state index is -1.56. The van der Waals surface area contributed by atoms with Gasteiger partial charge in [-0.2, -0.15) is 0 Å². The molecule has 0 aliphatic carbocycles. The van der Waals surface area contributed by atoms with Gasteiger partial charge in [0.05, 0.1) is 0 Å². The Morgan fingerprint density at radius 1 is 1.10 bits per heavy atom. The van der Waals surface area contributed by atoms with E-state index in [4.69, 9.17) is 9.16 Å². The molecule has 2 aromatic carbocycles. The Bertz CT molecular complexity index is 683. The van der Waals surface area contributed by atoms with E-state index < -0.39 is 8.32 Å². The van der Waals surface area contributed by atoms with E-state index in [1.165, 1.54) is 16.3 Å². The van der Waals surface area contributed by atoms with Gasteiger partial charge in [-0.1, -0.05) is 12.1 Å². The standard InChI is InChI=1S/C18H24O2Si/c1-18(2)11-10-16-15-8-7-14(20-21(3,4)5)12-13(15)6-9-17(16)19-18/h6-9,12H,10-11H2,1-5H3. The first-order valence-corrected chi connectivity index (χ1v) is 11.1. The molecule has 112 valence electrons. The highest BCUT2D eigenvalue weighted by molar-refractivity contribution is 6.70. The molecular formula is C18H24O2Si. The fourth-order valence-corrected chi connectivity index (χ4v) is 3.73. The summed E-state index contributed by atoms with van der Waals surface area (Å²) in [7, 11) is -1.56. The van der Waals surface area contributed by atoms with E-state index in [1.807, 2.05) is 0 Å². The lowest BCUT2D eigenvalue weighted by atomic mass is 9.91. The van der Waals surface area contributed by atoms with Crippen LogP contribution in [0, 0.1) is 0 Å². The molecule has 0 N–H and O–H groups in total. The van der Waals surface area contributed by atoms with Crippen molar-refractivity contribution in [2.24, 2.45) is 0 Å². The smallest absolute Gasteiger partial charge is 0.242 e. The Kier molecular flexibility index (Phi) is 3.28. The summed E-state index contributed by atoms with van der Waals surface area (Å²) in [6, 6.07) is 10.7. The third-order valence-electron chi connectivity index (χ3n) is 3.85. The predicted octanol–water partition coefficient (Wildman–Crippen LogP) is 5.16. The quantitative estimate of drug-likeness (QED) is 0.713. The summed E-state index contributed by atoms with van der Waals surface area (Å²) in [5.41, 5.74) is 1.29. The normalized spacial score (nSPS) is 17.2. The second-order valence-electron chi connectivity index (χ2n) is 7.50. The number of aryl methyl sites for hydroxylation is 1. The van der Waals surface area contributed by atoms with Gasteiger partial charge in [-0.15, -0.1) is 0 Å². The van der Waals surface area contributed by atoms with Gasteiger partial charge in [0.25, 0.3) is 0 Å². The molecule has 3 heteroatoms. The lowest BCUT2D eigenvalue weighted by Crippen LogP contribution is -2.32. The summed E-state index contributed by atoms with van der Waals surface area (Å²) in [6.45, 7) is 10.9. The second kappa shape index (κ2) is 4.77. The molecule has 0 spiro atoms. The zero-order valence-electron chi connectivity index (χ0n) is 13.6. The summed E-state index contributed by atoms with van der Waals surface area (Å²) in [4.78, 5) is 0. The van der Waals surface area contributed by atoms with Crippen LogP contribution in [-0.2, 0) is 6.42 Å². The SMILES string of the molecule is CC1(C)CCc2c(ccc3cc(O[Si](C)(C)C)ccc23)O1. The zero-order valence-corrected chi connectivity index (χ0v) is 14.6. The molecule has 3 rings (SSSR count).